The maximum Gasteiger partial charge on any atom is 0.312 e. The Bertz CT molecular complexity index is 1250. The molecule has 2 N–H and O–H groups in total. The lowest BCUT2D eigenvalue weighted by atomic mass is 9.70. The summed E-state index contributed by atoms with van der Waals surface area (Å²) in [6.45, 7) is 13.3. The van der Waals surface area contributed by atoms with Crippen LogP contribution in [0.4, 0.5) is 5.69 Å². The average Bonchev–Trinajstić information content (AvgIpc) is 3.56. The molecule has 3 heterocycles. The second kappa shape index (κ2) is 13.7. The molecule has 3 saturated heterocycles. The number of allylic oxidation sites excluding steroid dienone is 1. The molecule has 0 saturated carbocycles. The second-order valence-electron chi connectivity index (χ2n) is 11.6. The van der Waals surface area contributed by atoms with Crippen molar-refractivity contribution in [1.82, 2.24) is 10.2 Å². The molecule has 0 radical (unpaired) electrons. The molecule has 0 aliphatic carbocycles. The van der Waals surface area contributed by atoms with E-state index in [0.717, 1.165) is 16.8 Å². The maximum absolute atomic E-state index is 14.6. The third-order valence-electron chi connectivity index (χ3n) is 8.62. The van der Waals surface area contributed by atoms with Crippen LogP contribution in [0, 0.1) is 25.7 Å². The van der Waals surface area contributed by atoms with Crippen LogP contribution < -0.4 is 10.2 Å². The van der Waals surface area contributed by atoms with E-state index in [0.29, 0.717) is 12.8 Å². The van der Waals surface area contributed by atoms with Crippen LogP contribution >= 0.6 is 15.9 Å². The zero-order valence-corrected chi connectivity index (χ0v) is 26.7. The van der Waals surface area contributed by atoms with Crippen LogP contribution in [-0.4, -0.2) is 88.6 Å². The van der Waals surface area contributed by atoms with Gasteiger partial charge in [0.25, 0.3) is 5.91 Å². The molecule has 43 heavy (non-hydrogen) atoms. The number of hydrogen-bond donors (Lipinski definition) is 2. The predicted octanol–water partition coefficient (Wildman–Crippen LogP) is 2.97. The Hall–Kier alpha value is -3.02. The number of aryl methyl sites for hydroxylation is 2. The number of amides is 3. The molecule has 1 aromatic rings. The van der Waals surface area contributed by atoms with E-state index in [1.807, 2.05) is 32.0 Å². The summed E-state index contributed by atoms with van der Waals surface area (Å²) in [7, 11) is 0. The molecule has 3 amide bonds. The Morgan fingerprint density at radius 2 is 1.98 bits per heavy atom. The van der Waals surface area contributed by atoms with Crippen molar-refractivity contribution >= 4 is 45.3 Å². The number of carbonyl (C=O) groups excluding carboxylic acids is 4. The minimum absolute atomic E-state index is 0.123. The third kappa shape index (κ3) is 6.17. The van der Waals surface area contributed by atoms with Crippen molar-refractivity contribution in [3.05, 3.63) is 54.6 Å². The Labute approximate surface area is 261 Å². The summed E-state index contributed by atoms with van der Waals surface area (Å²) >= 11 is 3.67. The molecule has 1 unspecified atom stereocenters. The smallest absolute Gasteiger partial charge is 0.312 e. The van der Waals surface area contributed by atoms with E-state index in [4.69, 9.17) is 9.47 Å². The van der Waals surface area contributed by atoms with Gasteiger partial charge in [0.15, 0.2) is 0 Å². The molecule has 3 aliphatic heterocycles. The van der Waals surface area contributed by atoms with Crippen LogP contribution in [0.3, 0.4) is 0 Å². The van der Waals surface area contributed by atoms with E-state index in [1.54, 1.807) is 24.0 Å². The zero-order valence-electron chi connectivity index (χ0n) is 25.1. The highest BCUT2D eigenvalue weighted by molar-refractivity contribution is 9.09. The number of para-hydroxylation sites is 1. The minimum Gasteiger partial charge on any atom is -0.460 e. The van der Waals surface area contributed by atoms with Gasteiger partial charge in [-0.1, -0.05) is 46.3 Å². The normalized spacial score (nSPS) is 27.9. The molecule has 3 fully saturated rings. The number of rotatable bonds is 14. The number of ether oxygens (including phenoxy) is 2. The minimum atomic E-state index is -1.26. The standard InChI is InChI=1S/C32H42BrN3O7/c1-6-8-13-23(38)34-18-21(5)42-31(41)24-25-29(39)36(15-10-16-37)28(32(25)17-22(33)27(24)43-32)30(40)35(14-7-2)26-19(3)11-9-12-20(26)4/h6-7,9,11-12,21-22,24-25,27-28,37H,1-2,8,10,13-18H2,3-5H3,(H,34,38)/t21-,22?,24+,25-,27+,28+,32-/m0/s1. The van der Waals surface area contributed by atoms with Crippen molar-refractivity contribution in [2.75, 3.05) is 31.1 Å². The van der Waals surface area contributed by atoms with E-state index < -0.39 is 41.7 Å². The Morgan fingerprint density at radius 3 is 2.60 bits per heavy atom. The lowest BCUT2D eigenvalue weighted by molar-refractivity contribution is -0.159. The van der Waals surface area contributed by atoms with Crippen molar-refractivity contribution < 1.29 is 33.8 Å². The number of anilines is 1. The van der Waals surface area contributed by atoms with Crippen molar-refractivity contribution in [2.45, 2.75) is 75.1 Å². The number of carbonyl (C=O) groups is 4. The molecule has 2 bridgehead atoms. The molecule has 3 aliphatic rings. The van der Waals surface area contributed by atoms with Gasteiger partial charge in [-0.05, 0) is 51.2 Å². The molecular weight excluding hydrogens is 618 g/mol. The monoisotopic (exact) mass is 659 g/mol. The van der Waals surface area contributed by atoms with Gasteiger partial charge < -0.3 is 29.7 Å². The largest absolute Gasteiger partial charge is 0.460 e. The van der Waals surface area contributed by atoms with Gasteiger partial charge in [0.1, 0.15) is 17.7 Å². The van der Waals surface area contributed by atoms with E-state index in [1.165, 1.54) is 4.90 Å². The number of fused-ring (bicyclic) bond motifs is 1. The Kier molecular flexibility index (Phi) is 10.5. The fourth-order valence-electron chi connectivity index (χ4n) is 6.86. The maximum atomic E-state index is 14.6. The number of aliphatic hydroxyl groups is 1. The van der Waals surface area contributed by atoms with Crippen molar-refractivity contribution in [3.63, 3.8) is 0 Å². The number of aliphatic hydroxyl groups excluding tert-OH is 1. The van der Waals surface area contributed by atoms with E-state index in [9.17, 15) is 24.3 Å². The fourth-order valence-corrected chi connectivity index (χ4v) is 7.80. The first-order chi connectivity index (χ1) is 20.5. The zero-order chi connectivity index (χ0) is 31.5. The number of nitrogens with one attached hydrogen (secondary N) is 1. The van der Waals surface area contributed by atoms with Gasteiger partial charge >= 0.3 is 5.97 Å². The lowest BCUT2D eigenvalue weighted by Crippen LogP contribution is -2.57. The lowest BCUT2D eigenvalue weighted by Gasteiger charge is -2.37. The molecule has 11 heteroatoms. The first-order valence-electron chi connectivity index (χ1n) is 14.8. The van der Waals surface area contributed by atoms with Crippen molar-refractivity contribution in [3.8, 4) is 0 Å². The second-order valence-corrected chi connectivity index (χ2v) is 12.8. The SMILES string of the molecule is C=CCCC(=O)NC[C@H](C)OC(=O)[C@H]1[C@@H]2O[C@@]3(CC2Br)[C@@H]1C(=O)N(CCCO)[C@@H]3C(=O)N(CC=C)c1c(C)cccc1C. The molecular formula is C32H42BrN3O7. The molecule has 234 valence electrons. The van der Waals surface area contributed by atoms with E-state index >= 15 is 0 Å². The van der Waals surface area contributed by atoms with Crippen LogP contribution in [0.1, 0.15) is 43.7 Å². The summed E-state index contributed by atoms with van der Waals surface area (Å²) in [6.07, 6.45) is 3.44. The van der Waals surface area contributed by atoms with Crippen LogP contribution in [0.5, 0.6) is 0 Å². The van der Waals surface area contributed by atoms with Crippen LogP contribution in [-0.2, 0) is 28.7 Å². The van der Waals surface area contributed by atoms with Gasteiger partial charge in [-0.3, -0.25) is 19.2 Å². The van der Waals surface area contributed by atoms with Gasteiger partial charge in [0, 0.05) is 36.6 Å². The van der Waals surface area contributed by atoms with Gasteiger partial charge in [-0.2, -0.15) is 0 Å². The highest BCUT2D eigenvalue weighted by atomic mass is 79.9. The summed E-state index contributed by atoms with van der Waals surface area (Å²) in [5, 5.41) is 12.4. The number of halogens is 1. The Balaban J connectivity index is 1.65. The summed E-state index contributed by atoms with van der Waals surface area (Å²) in [4.78, 5) is 57.3. The van der Waals surface area contributed by atoms with E-state index in [2.05, 4.69) is 34.4 Å². The predicted molar refractivity (Wildman–Crippen MR) is 166 cm³/mol. The highest BCUT2D eigenvalue weighted by Gasteiger charge is 2.77. The quantitative estimate of drug-likeness (QED) is 0.179. The highest BCUT2D eigenvalue weighted by Crippen LogP contribution is 2.60. The summed E-state index contributed by atoms with van der Waals surface area (Å²) in [6, 6.07) is 4.77. The van der Waals surface area contributed by atoms with Crippen LogP contribution in [0.25, 0.3) is 0 Å². The average molecular weight is 661 g/mol. The molecule has 10 nitrogen and oxygen atoms in total. The summed E-state index contributed by atoms with van der Waals surface area (Å²) in [5.41, 5.74) is 1.28. The summed E-state index contributed by atoms with van der Waals surface area (Å²) in [5.74, 6) is -3.32. The number of nitrogens with zero attached hydrogens (tertiary/aromatic N) is 2. The first-order valence-corrected chi connectivity index (χ1v) is 15.7. The number of likely N-dealkylation sites (tertiary alicyclic amines) is 1. The number of hydrogen-bond acceptors (Lipinski definition) is 7. The number of benzene rings is 1. The van der Waals surface area contributed by atoms with Gasteiger partial charge in [-0.15, -0.1) is 13.2 Å². The first kappa shape index (κ1) is 32.9. The molecule has 0 aromatic heterocycles. The van der Waals surface area contributed by atoms with Gasteiger partial charge in [0.2, 0.25) is 11.8 Å². The van der Waals surface area contributed by atoms with Crippen molar-refractivity contribution in [1.29, 1.82) is 0 Å². The number of esters is 1. The molecule has 7 atom stereocenters. The molecule has 1 spiro atoms. The molecule has 4 rings (SSSR count). The van der Waals surface area contributed by atoms with Gasteiger partial charge in [0.05, 0.1) is 24.5 Å². The fraction of sp³-hybridized carbons (Fsp3) is 0.562. The van der Waals surface area contributed by atoms with Crippen LogP contribution in [0.2, 0.25) is 0 Å². The third-order valence-corrected chi connectivity index (χ3v) is 9.46. The summed E-state index contributed by atoms with van der Waals surface area (Å²) < 4.78 is 12.3. The number of alkyl halides is 1. The topological polar surface area (TPSA) is 125 Å². The Morgan fingerprint density at radius 1 is 1.28 bits per heavy atom. The van der Waals surface area contributed by atoms with Crippen LogP contribution in [0.15, 0.2) is 43.5 Å². The van der Waals surface area contributed by atoms with Crippen molar-refractivity contribution in [2.24, 2.45) is 11.8 Å². The van der Waals surface area contributed by atoms with E-state index in [-0.39, 0.29) is 61.6 Å². The molecule has 1 aromatic carbocycles. The van der Waals surface area contributed by atoms with Gasteiger partial charge in [-0.25, -0.2) is 0 Å².